The van der Waals surface area contributed by atoms with Crippen molar-refractivity contribution in [2.24, 2.45) is 0 Å². The maximum Gasteiger partial charge on any atom is 0.196 e. The van der Waals surface area contributed by atoms with E-state index in [4.69, 9.17) is 16.3 Å². The second-order valence-electron chi connectivity index (χ2n) is 5.29. The summed E-state index contributed by atoms with van der Waals surface area (Å²) in [6.45, 7) is 1.85. The van der Waals surface area contributed by atoms with Crippen molar-refractivity contribution in [3.63, 3.8) is 0 Å². The molecule has 7 heteroatoms. The Morgan fingerprint density at radius 1 is 1.20 bits per heavy atom. The highest BCUT2D eigenvalue weighted by Gasteiger charge is 2.20. The number of hydrogen-bond acceptors (Lipinski definition) is 5. The van der Waals surface area contributed by atoms with E-state index in [9.17, 15) is 4.79 Å². The number of para-hydroxylation sites is 2. The zero-order valence-electron chi connectivity index (χ0n) is 13.7. The van der Waals surface area contributed by atoms with E-state index in [-0.39, 0.29) is 11.0 Å². The van der Waals surface area contributed by atoms with E-state index < -0.39 is 0 Å². The molecule has 0 unspecified atom stereocenters. The molecule has 3 aromatic rings. The lowest BCUT2D eigenvalue weighted by Gasteiger charge is -2.13. The molecular weight excluding hydrogens is 358 g/mol. The fourth-order valence-electron chi connectivity index (χ4n) is 2.36. The molecule has 0 amide bonds. The van der Waals surface area contributed by atoms with Crippen molar-refractivity contribution in [1.82, 2.24) is 14.8 Å². The van der Waals surface area contributed by atoms with Gasteiger partial charge in [-0.2, -0.15) is 0 Å². The van der Waals surface area contributed by atoms with Gasteiger partial charge < -0.3 is 4.74 Å². The molecule has 3 rings (SSSR count). The minimum Gasteiger partial charge on any atom is -0.495 e. The molecule has 128 valence electrons. The number of carbonyl (C=O) groups is 1. The first-order chi connectivity index (χ1) is 12.1. The number of methoxy groups -OCH3 is 1. The Morgan fingerprint density at radius 3 is 2.64 bits per heavy atom. The Hall–Kier alpha value is -2.31. The van der Waals surface area contributed by atoms with Crippen LogP contribution in [0.25, 0.3) is 5.69 Å². The fraction of sp³-hybridized carbons (Fsp3) is 0.167. The van der Waals surface area contributed by atoms with Crippen LogP contribution >= 0.6 is 23.4 Å². The smallest absolute Gasteiger partial charge is 0.196 e. The fourth-order valence-corrected chi connectivity index (χ4v) is 3.40. The highest BCUT2D eigenvalue weighted by molar-refractivity contribution is 8.00. The molecule has 0 fully saturated rings. The first kappa shape index (κ1) is 17.5. The Morgan fingerprint density at radius 2 is 1.92 bits per heavy atom. The molecule has 0 saturated heterocycles. The van der Waals surface area contributed by atoms with Crippen LogP contribution in [0.5, 0.6) is 5.75 Å². The molecular formula is C18H16ClN3O2S. The number of thioether (sulfide) groups is 1. The van der Waals surface area contributed by atoms with Gasteiger partial charge in [0.2, 0.25) is 0 Å². The number of nitrogens with zero attached hydrogens (tertiary/aromatic N) is 3. The minimum atomic E-state index is -0.321. The van der Waals surface area contributed by atoms with E-state index in [1.165, 1.54) is 11.8 Å². The lowest BCUT2D eigenvalue weighted by atomic mass is 10.1. The average molecular weight is 374 g/mol. The molecule has 2 aromatic carbocycles. The van der Waals surface area contributed by atoms with Crippen molar-refractivity contribution >= 4 is 29.1 Å². The van der Waals surface area contributed by atoms with Crippen molar-refractivity contribution < 1.29 is 9.53 Å². The summed E-state index contributed by atoms with van der Waals surface area (Å²) in [4.78, 5) is 12.6. The van der Waals surface area contributed by atoms with Crippen LogP contribution in [0.4, 0.5) is 0 Å². The van der Waals surface area contributed by atoms with E-state index in [2.05, 4.69) is 10.2 Å². The van der Waals surface area contributed by atoms with Crippen molar-refractivity contribution in [2.45, 2.75) is 17.3 Å². The van der Waals surface area contributed by atoms with Gasteiger partial charge in [0.05, 0.1) is 18.0 Å². The number of ether oxygens (including phenoxy) is 1. The molecule has 0 aliphatic rings. The van der Waals surface area contributed by atoms with Crippen LogP contribution in [0, 0.1) is 0 Å². The van der Waals surface area contributed by atoms with E-state index in [0.29, 0.717) is 21.5 Å². The van der Waals surface area contributed by atoms with Crippen LogP contribution in [-0.2, 0) is 0 Å². The number of aromatic nitrogens is 3. The van der Waals surface area contributed by atoms with Crippen LogP contribution in [0.2, 0.25) is 5.02 Å². The van der Waals surface area contributed by atoms with Gasteiger partial charge in [0.1, 0.15) is 12.1 Å². The molecule has 0 radical (unpaired) electrons. The first-order valence-corrected chi connectivity index (χ1v) is 8.85. The molecule has 0 bridgehead atoms. The number of rotatable bonds is 6. The molecule has 1 heterocycles. The van der Waals surface area contributed by atoms with Gasteiger partial charge in [-0.1, -0.05) is 35.5 Å². The topological polar surface area (TPSA) is 57.0 Å². The van der Waals surface area contributed by atoms with E-state index in [1.807, 2.05) is 35.8 Å². The number of hydrogen-bond donors (Lipinski definition) is 0. The molecule has 5 nitrogen and oxygen atoms in total. The summed E-state index contributed by atoms with van der Waals surface area (Å²) in [7, 11) is 1.61. The third kappa shape index (κ3) is 3.86. The van der Waals surface area contributed by atoms with Gasteiger partial charge in [-0.15, -0.1) is 10.2 Å². The molecule has 0 aliphatic carbocycles. The highest BCUT2D eigenvalue weighted by atomic mass is 35.5. The molecule has 1 aromatic heterocycles. The lowest BCUT2D eigenvalue weighted by Crippen LogP contribution is -2.14. The van der Waals surface area contributed by atoms with Crippen molar-refractivity contribution in [2.75, 3.05) is 7.11 Å². The molecule has 0 aliphatic heterocycles. The highest BCUT2D eigenvalue weighted by Crippen LogP contribution is 2.29. The summed E-state index contributed by atoms with van der Waals surface area (Å²) in [5.41, 5.74) is 1.44. The molecule has 0 saturated carbocycles. The Bertz CT molecular complexity index is 880. The van der Waals surface area contributed by atoms with E-state index in [1.54, 1.807) is 37.7 Å². The van der Waals surface area contributed by atoms with Gasteiger partial charge in [0.25, 0.3) is 0 Å². The summed E-state index contributed by atoms with van der Waals surface area (Å²) in [6, 6.07) is 14.5. The monoisotopic (exact) mass is 373 g/mol. The predicted molar refractivity (Wildman–Crippen MR) is 99.0 cm³/mol. The standard InChI is InChI=1S/C18H16ClN3O2S/c1-12(17(23)13-7-9-14(19)10-8-13)25-18-21-20-11-22(18)15-5-3-4-6-16(15)24-2/h3-12H,1-2H3/t12-/m1/s1. The normalized spacial score (nSPS) is 12.0. The predicted octanol–water partition coefficient (Wildman–Crippen LogP) is 4.29. The van der Waals surface area contributed by atoms with Gasteiger partial charge in [-0.3, -0.25) is 9.36 Å². The zero-order valence-corrected chi connectivity index (χ0v) is 15.3. The Balaban J connectivity index is 1.83. The summed E-state index contributed by atoms with van der Waals surface area (Å²) in [5, 5.41) is 9.03. The second kappa shape index (κ2) is 7.72. The third-order valence-corrected chi connectivity index (χ3v) is 4.95. The molecule has 1 atom stereocenters. The lowest BCUT2D eigenvalue weighted by molar-refractivity contribution is 0.0994. The first-order valence-electron chi connectivity index (χ1n) is 7.60. The van der Waals surface area contributed by atoms with Crippen LogP contribution < -0.4 is 4.74 Å². The summed E-state index contributed by atoms with van der Waals surface area (Å²) < 4.78 is 7.21. The molecule has 0 spiro atoms. The van der Waals surface area contributed by atoms with Gasteiger partial charge >= 0.3 is 0 Å². The minimum absolute atomic E-state index is 0.0104. The SMILES string of the molecule is COc1ccccc1-n1cnnc1S[C@H](C)C(=O)c1ccc(Cl)cc1. The van der Waals surface area contributed by atoms with Crippen LogP contribution in [-0.4, -0.2) is 32.9 Å². The Kier molecular flexibility index (Phi) is 5.40. The summed E-state index contributed by atoms with van der Waals surface area (Å²) >= 11 is 7.23. The zero-order chi connectivity index (χ0) is 17.8. The van der Waals surface area contributed by atoms with Crippen LogP contribution in [0.1, 0.15) is 17.3 Å². The van der Waals surface area contributed by atoms with Gasteiger partial charge in [-0.25, -0.2) is 0 Å². The quantitative estimate of drug-likeness (QED) is 0.476. The number of halogens is 1. The average Bonchev–Trinajstić information content (AvgIpc) is 3.09. The van der Waals surface area contributed by atoms with Gasteiger partial charge in [0, 0.05) is 10.6 Å². The maximum absolute atomic E-state index is 12.6. The maximum atomic E-state index is 12.6. The van der Waals surface area contributed by atoms with Gasteiger partial charge in [-0.05, 0) is 43.3 Å². The van der Waals surface area contributed by atoms with Crippen molar-refractivity contribution in [1.29, 1.82) is 0 Å². The Labute approximate surface area is 155 Å². The second-order valence-corrected chi connectivity index (χ2v) is 7.03. The van der Waals surface area contributed by atoms with E-state index in [0.717, 1.165) is 5.69 Å². The van der Waals surface area contributed by atoms with Crippen LogP contribution in [0.15, 0.2) is 60.0 Å². The summed E-state index contributed by atoms with van der Waals surface area (Å²) in [6.07, 6.45) is 1.61. The largest absolute Gasteiger partial charge is 0.495 e. The summed E-state index contributed by atoms with van der Waals surface area (Å²) in [5.74, 6) is 0.720. The van der Waals surface area contributed by atoms with Crippen LogP contribution in [0.3, 0.4) is 0 Å². The number of carbonyl (C=O) groups excluding carboxylic acids is 1. The number of benzene rings is 2. The molecule has 25 heavy (non-hydrogen) atoms. The third-order valence-electron chi connectivity index (χ3n) is 3.64. The van der Waals surface area contributed by atoms with Crippen molar-refractivity contribution in [3.8, 4) is 11.4 Å². The molecule has 0 N–H and O–H groups in total. The van der Waals surface area contributed by atoms with Crippen molar-refractivity contribution in [3.05, 3.63) is 65.4 Å². The number of ketones is 1. The van der Waals surface area contributed by atoms with Gasteiger partial charge in [0.15, 0.2) is 10.9 Å². The van der Waals surface area contributed by atoms with E-state index >= 15 is 0 Å². The number of Topliss-reactive ketones (excluding diaryl/α,β-unsaturated/α-hetero) is 1.